The summed E-state index contributed by atoms with van der Waals surface area (Å²) in [5, 5.41) is 2.36. The Labute approximate surface area is 165 Å². The lowest BCUT2D eigenvalue weighted by Crippen LogP contribution is -2.12. The van der Waals surface area contributed by atoms with Crippen LogP contribution in [0.5, 0.6) is 11.5 Å². The second-order valence-corrected chi connectivity index (χ2v) is 6.99. The van der Waals surface area contributed by atoms with Crippen molar-refractivity contribution in [1.82, 2.24) is 4.98 Å². The monoisotopic (exact) mass is 384 g/mol. The first-order valence-electron chi connectivity index (χ1n) is 9.16. The van der Waals surface area contributed by atoms with Gasteiger partial charge in [0.25, 0.3) is 0 Å². The van der Waals surface area contributed by atoms with Gasteiger partial charge >= 0.3 is 0 Å². The van der Waals surface area contributed by atoms with Gasteiger partial charge in [0.05, 0.1) is 13.2 Å². The second kappa shape index (κ2) is 8.49. The summed E-state index contributed by atoms with van der Waals surface area (Å²) >= 11 is 6.42. The van der Waals surface area contributed by atoms with E-state index in [2.05, 4.69) is 18.8 Å². The van der Waals surface area contributed by atoms with Crippen molar-refractivity contribution in [3.8, 4) is 11.5 Å². The van der Waals surface area contributed by atoms with Gasteiger partial charge in [-0.05, 0) is 61.2 Å². The maximum absolute atomic E-state index is 6.42. The first kappa shape index (κ1) is 19.3. The highest BCUT2D eigenvalue weighted by molar-refractivity contribution is 6.34. The van der Waals surface area contributed by atoms with Crippen LogP contribution in [0.25, 0.3) is 10.8 Å². The molecule has 1 aromatic heterocycles. The Hall–Kier alpha value is -2.46. The Morgan fingerprint density at radius 3 is 2.44 bits per heavy atom. The largest absolute Gasteiger partial charge is 0.497 e. The number of aromatic nitrogens is 1. The van der Waals surface area contributed by atoms with E-state index in [1.54, 1.807) is 7.11 Å². The van der Waals surface area contributed by atoms with Crippen molar-refractivity contribution in [1.29, 1.82) is 0 Å². The second-order valence-electron chi connectivity index (χ2n) is 6.63. The Bertz CT molecular complexity index is 912. The molecule has 0 spiro atoms. The zero-order valence-corrected chi connectivity index (χ0v) is 17.0. The molecule has 0 bridgehead atoms. The molecule has 1 unspecified atom stereocenters. The highest BCUT2D eigenvalue weighted by Gasteiger charge is 2.11. The summed E-state index contributed by atoms with van der Waals surface area (Å²) in [5.74, 6) is 2.43. The number of pyridine rings is 1. The quantitative estimate of drug-likeness (QED) is 0.452. The molecule has 0 N–H and O–H groups in total. The summed E-state index contributed by atoms with van der Waals surface area (Å²) in [6.07, 6.45) is 2.38. The number of nitrogens with zero attached hydrogens (tertiary/aromatic N) is 2. The van der Waals surface area contributed by atoms with Crippen LogP contribution in [0.15, 0.2) is 48.5 Å². The first-order chi connectivity index (χ1) is 13.0. The molecule has 3 aromatic rings. The van der Waals surface area contributed by atoms with E-state index in [-0.39, 0.29) is 6.10 Å². The van der Waals surface area contributed by atoms with Gasteiger partial charge in [-0.2, -0.15) is 0 Å². The van der Waals surface area contributed by atoms with E-state index in [1.807, 2.05) is 60.5 Å². The van der Waals surface area contributed by atoms with Crippen LogP contribution in [0.3, 0.4) is 0 Å². The third-order valence-electron chi connectivity index (χ3n) is 4.58. The number of anilines is 2. The predicted octanol–water partition coefficient (Wildman–Crippen LogP) is 6.23. The molecule has 3 rings (SSSR count). The standard InChI is InChI=1S/C22H25ClN2O2/c1-5-6-15(2)27-18-11-8-17(9-12-18)25(3)21-13-16-7-10-19(26-4)14-20(16)22(23)24-21/h7-15H,5-6H2,1-4H3. The molecular formula is C22H25ClN2O2. The van der Waals surface area contributed by atoms with Crippen molar-refractivity contribution in [2.75, 3.05) is 19.1 Å². The van der Waals surface area contributed by atoms with Crippen LogP contribution in [0.4, 0.5) is 11.5 Å². The van der Waals surface area contributed by atoms with Crippen LogP contribution in [0.2, 0.25) is 5.15 Å². The highest BCUT2D eigenvalue weighted by Crippen LogP contribution is 2.32. The third-order valence-corrected chi connectivity index (χ3v) is 4.87. The topological polar surface area (TPSA) is 34.6 Å². The number of hydrogen-bond donors (Lipinski definition) is 0. The fourth-order valence-electron chi connectivity index (χ4n) is 3.05. The number of methoxy groups -OCH3 is 1. The van der Waals surface area contributed by atoms with Gasteiger partial charge in [-0.25, -0.2) is 4.98 Å². The van der Waals surface area contributed by atoms with Crippen LogP contribution >= 0.6 is 11.6 Å². The Balaban J connectivity index is 1.83. The summed E-state index contributed by atoms with van der Waals surface area (Å²) in [5.41, 5.74) is 1.02. The molecule has 0 aliphatic heterocycles. The van der Waals surface area contributed by atoms with Crippen LogP contribution in [0.1, 0.15) is 26.7 Å². The Morgan fingerprint density at radius 1 is 1.07 bits per heavy atom. The molecule has 1 heterocycles. The fraction of sp³-hybridized carbons (Fsp3) is 0.318. The number of fused-ring (bicyclic) bond motifs is 1. The van der Waals surface area contributed by atoms with Crippen molar-refractivity contribution in [2.24, 2.45) is 0 Å². The molecule has 0 aliphatic carbocycles. The minimum atomic E-state index is 0.219. The predicted molar refractivity (Wildman–Crippen MR) is 113 cm³/mol. The molecule has 4 nitrogen and oxygen atoms in total. The molecule has 0 amide bonds. The van der Waals surface area contributed by atoms with E-state index in [1.165, 1.54) is 0 Å². The zero-order valence-electron chi connectivity index (χ0n) is 16.2. The van der Waals surface area contributed by atoms with Gasteiger partial charge in [-0.3, -0.25) is 0 Å². The lowest BCUT2D eigenvalue weighted by molar-refractivity contribution is 0.210. The summed E-state index contributed by atoms with van der Waals surface area (Å²) < 4.78 is 11.2. The molecular weight excluding hydrogens is 360 g/mol. The van der Waals surface area contributed by atoms with Crippen LogP contribution in [0, 0.1) is 0 Å². The molecule has 0 radical (unpaired) electrons. The molecule has 2 aromatic carbocycles. The van der Waals surface area contributed by atoms with E-state index in [9.17, 15) is 0 Å². The highest BCUT2D eigenvalue weighted by atomic mass is 35.5. The average molecular weight is 385 g/mol. The molecule has 1 atom stereocenters. The average Bonchev–Trinajstić information content (AvgIpc) is 2.68. The van der Waals surface area contributed by atoms with Crippen LogP contribution < -0.4 is 14.4 Å². The van der Waals surface area contributed by atoms with E-state index in [0.29, 0.717) is 5.15 Å². The maximum Gasteiger partial charge on any atom is 0.139 e. The Kier molecular flexibility index (Phi) is 6.07. The summed E-state index contributed by atoms with van der Waals surface area (Å²) in [7, 11) is 3.62. The lowest BCUT2D eigenvalue weighted by Gasteiger charge is -2.20. The van der Waals surface area contributed by atoms with Crippen molar-refractivity contribution in [3.63, 3.8) is 0 Å². The fourth-order valence-corrected chi connectivity index (χ4v) is 3.30. The number of ether oxygens (including phenoxy) is 2. The lowest BCUT2D eigenvalue weighted by atomic mass is 10.1. The molecule has 27 heavy (non-hydrogen) atoms. The van der Waals surface area contributed by atoms with Crippen molar-refractivity contribution < 1.29 is 9.47 Å². The van der Waals surface area contributed by atoms with E-state index >= 15 is 0 Å². The first-order valence-corrected chi connectivity index (χ1v) is 9.54. The normalized spacial score (nSPS) is 12.0. The minimum Gasteiger partial charge on any atom is -0.497 e. The molecule has 142 valence electrons. The number of hydrogen-bond acceptors (Lipinski definition) is 4. The van der Waals surface area contributed by atoms with Crippen molar-refractivity contribution in [2.45, 2.75) is 32.8 Å². The maximum atomic E-state index is 6.42. The zero-order chi connectivity index (χ0) is 19.4. The van der Waals surface area contributed by atoms with Crippen LogP contribution in [-0.4, -0.2) is 25.2 Å². The van der Waals surface area contributed by atoms with Crippen molar-refractivity contribution in [3.05, 3.63) is 53.7 Å². The van der Waals surface area contributed by atoms with Gasteiger partial charge in [0.2, 0.25) is 0 Å². The smallest absolute Gasteiger partial charge is 0.139 e. The summed E-state index contributed by atoms with van der Waals surface area (Å²) in [4.78, 5) is 6.56. The van der Waals surface area contributed by atoms with E-state index in [4.69, 9.17) is 21.1 Å². The molecule has 0 saturated carbocycles. The molecule has 0 aliphatic rings. The van der Waals surface area contributed by atoms with Gasteiger partial charge in [0, 0.05) is 18.1 Å². The number of benzene rings is 2. The number of rotatable bonds is 7. The van der Waals surface area contributed by atoms with E-state index < -0.39 is 0 Å². The summed E-state index contributed by atoms with van der Waals surface area (Å²) in [6.45, 7) is 4.26. The van der Waals surface area contributed by atoms with Crippen molar-refractivity contribution >= 4 is 33.9 Å². The molecule has 5 heteroatoms. The van der Waals surface area contributed by atoms with Crippen LogP contribution in [-0.2, 0) is 0 Å². The van der Waals surface area contributed by atoms with Gasteiger partial charge in [0.15, 0.2) is 0 Å². The third kappa shape index (κ3) is 4.45. The van der Waals surface area contributed by atoms with Gasteiger partial charge in [-0.1, -0.05) is 31.0 Å². The van der Waals surface area contributed by atoms with Gasteiger partial charge in [0.1, 0.15) is 22.5 Å². The van der Waals surface area contributed by atoms with E-state index in [0.717, 1.165) is 46.6 Å². The molecule has 0 saturated heterocycles. The number of halogens is 1. The Morgan fingerprint density at radius 2 is 1.78 bits per heavy atom. The molecule has 0 fully saturated rings. The SMILES string of the molecule is CCCC(C)Oc1ccc(N(C)c2cc3ccc(OC)cc3c(Cl)n2)cc1. The van der Waals surface area contributed by atoms with Gasteiger partial charge in [-0.15, -0.1) is 0 Å². The van der Waals surface area contributed by atoms with Gasteiger partial charge < -0.3 is 14.4 Å². The minimum absolute atomic E-state index is 0.219. The summed E-state index contributed by atoms with van der Waals surface area (Å²) in [6, 6.07) is 15.9.